The summed E-state index contributed by atoms with van der Waals surface area (Å²) in [7, 11) is 0. The summed E-state index contributed by atoms with van der Waals surface area (Å²) in [5.41, 5.74) is 7.51. The van der Waals surface area contributed by atoms with Crippen LogP contribution < -0.4 is 20.2 Å². The van der Waals surface area contributed by atoms with E-state index in [4.69, 9.17) is 38.4 Å². The Hall–Kier alpha value is -3.10. The van der Waals surface area contributed by atoms with Gasteiger partial charge in [0.2, 0.25) is 0 Å². The number of nitrogen functional groups attached to an aromatic ring is 1. The molecule has 3 N–H and O–H groups in total. The second-order valence-electron chi connectivity index (χ2n) is 8.19. The molecule has 1 heterocycles. The van der Waals surface area contributed by atoms with Crippen LogP contribution in [0.15, 0.2) is 54.9 Å². The fraction of sp³-hybridized carbons (Fsp3) is 0.280. The fourth-order valence-corrected chi connectivity index (χ4v) is 4.00. The van der Waals surface area contributed by atoms with Crippen LogP contribution in [0.2, 0.25) is 10.0 Å². The minimum absolute atomic E-state index is 0.101. The van der Waals surface area contributed by atoms with E-state index in [0.717, 1.165) is 12.8 Å². The predicted octanol–water partition coefficient (Wildman–Crippen LogP) is 5.92. The number of halogens is 4. The third-order valence-corrected chi connectivity index (χ3v) is 6.16. The minimum atomic E-state index is -3.01. The molecule has 0 spiro atoms. The zero-order chi connectivity index (χ0) is 24.9. The number of ether oxygens (including phenoxy) is 3. The fourth-order valence-electron chi connectivity index (χ4n) is 3.47. The molecule has 1 atom stereocenters. The Morgan fingerprint density at radius 3 is 2.49 bits per heavy atom. The number of aromatic nitrogens is 1. The van der Waals surface area contributed by atoms with E-state index < -0.39 is 18.7 Å². The molecule has 0 amide bonds. The first-order chi connectivity index (χ1) is 16.8. The number of benzene rings is 2. The summed E-state index contributed by atoms with van der Waals surface area (Å²) in [4.78, 5) is 15.8. The van der Waals surface area contributed by atoms with Crippen molar-refractivity contribution in [1.82, 2.24) is 0 Å². The van der Waals surface area contributed by atoms with Crippen LogP contribution in [0.3, 0.4) is 0 Å². The number of anilines is 1. The number of hydrogen-bond donors (Lipinski definition) is 1. The van der Waals surface area contributed by atoms with Crippen molar-refractivity contribution in [3.05, 3.63) is 81.6 Å². The third kappa shape index (κ3) is 6.74. The van der Waals surface area contributed by atoms with Gasteiger partial charge in [-0.05, 0) is 54.7 Å². The summed E-state index contributed by atoms with van der Waals surface area (Å²) in [6.45, 7) is -2.64. The van der Waals surface area contributed by atoms with Gasteiger partial charge in [-0.25, -0.2) is 9.78 Å². The van der Waals surface area contributed by atoms with Crippen molar-refractivity contribution in [1.29, 1.82) is 0 Å². The van der Waals surface area contributed by atoms with Gasteiger partial charge in [0.1, 0.15) is 16.1 Å². The van der Waals surface area contributed by atoms with Crippen molar-refractivity contribution in [2.45, 2.75) is 32.0 Å². The molecule has 10 heteroatoms. The Bertz CT molecular complexity index is 1190. The maximum atomic E-state index is 13.0. The van der Waals surface area contributed by atoms with Gasteiger partial charge in [0, 0.05) is 17.7 Å². The monoisotopic (exact) mass is 523 g/mol. The average Bonchev–Trinajstić information content (AvgIpc) is 3.64. The molecule has 1 fully saturated rings. The molecular formula is C25H23Cl2F2N2O4+. The maximum absolute atomic E-state index is 13.0. The molecule has 1 saturated carbocycles. The molecule has 1 aliphatic rings. The van der Waals surface area contributed by atoms with Gasteiger partial charge >= 0.3 is 12.6 Å². The Balaban J connectivity index is 1.68. The number of aromatic amines is 1. The highest BCUT2D eigenvalue weighted by molar-refractivity contribution is 6.35. The van der Waals surface area contributed by atoms with Crippen molar-refractivity contribution in [2.75, 3.05) is 12.3 Å². The smallest absolute Gasteiger partial charge is 0.387 e. The average molecular weight is 524 g/mol. The van der Waals surface area contributed by atoms with Gasteiger partial charge in [-0.1, -0.05) is 35.3 Å². The van der Waals surface area contributed by atoms with Crippen LogP contribution in [0.5, 0.6) is 11.5 Å². The van der Waals surface area contributed by atoms with Gasteiger partial charge in [0.05, 0.1) is 12.2 Å². The normalized spacial score (nSPS) is 14.0. The SMILES string of the molecule is Nc1cccc(C(=O)O[C@@H](Cc2c(Cl)c[nH+]cc2Cl)c2ccc(OC(F)F)c(OCC3CC3)c2)c1. The predicted molar refractivity (Wildman–Crippen MR) is 127 cm³/mol. The molecule has 6 nitrogen and oxygen atoms in total. The summed E-state index contributed by atoms with van der Waals surface area (Å²) < 4.78 is 42.1. The van der Waals surface area contributed by atoms with E-state index in [-0.39, 0.29) is 23.5 Å². The molecule has 35 heavy (non-hydrogen) atoms. The lowest BCUT2D eigenvalue weighted by atomic mass is 10.0. The Morgan fingerprint density at radius 1 is 1.09 bits per heavy atom. The molecule has 184 valence electrons. The molecule has 0 saturated heterocycles. The summed E-state index contributed by atoms with van der Waals surface area (Å²) in [5, 5.41) is 0.704. The zero-order valence-corrected chi connectivity index (χ0v) is 20.0. The van der Waals surface area contributed by atoms with Crippen LogP contribution in [0.1, 0.15) is 40.4 Å². The van der Waals surface area contributed by atoms with Crippen molar-refractivity contribution in [3.8, 4) is 11.5 Å². The lowest BCUT2D eigenvalue weighted by molar-refractivity contribution is -0.377. The second kappa shape index (κ2) is 11.1. The molecule has 3 aromatic rings. The van der Waals surface area contributed by atoms with Gasteiger partial charge in [-0.15, -0.1) is 0 Å². The highest BCUT2D eigenvalue weighted by Gasteiger charge is 2.26. The minimum Gasteiger partial charge on any atom is -0.489 e. The van der Waals surface area contributed by atoms with E-state index in [1.54, 1.807) is 30.6 Å². The molecule has 0 radical (unpaired) electrons. The van der Waals surface area contributed by atoms with Crippen LogP contribution in [-0.4, -0.2) is 19.2 Å². The Morgan fingerprint density at radius 2 is 1.83 bits per heavy atom. The van der Waals surface area contributed by atoms with E-state index in [9.17, 15) is 13.6 Å². The number of esters is 1. The van der Waals surface area contributed by atoms with E-state index in [0.29, 0.717) is 39.4 Å². The molecule has 0 unspecified atom stereocenters. The first kappa shape index (κ1) is 25.0. The number of carbonyl (C=O) groups is 1. The van der Waals surface area contributed by atoms with Crippen LogP contribution in [0.25, 0.3) is 0 Å². The van der Waals surface area contributed by atoms with E-state index >= 15 is 0 Å². The number of nitrogens with two attached hydrogens (primary N) is 1. The zero-order valence-electron chi connectivity index (χ0n) is 18.5. The summed E-state index contributed by atoms with van der Waals surface area (Å²) in [5.74, 6) is -0.201. The Kier molecular flexibility index (Phi) is 7.93. The topological polar surface area (TPSA) is 84.9 Å². The van der Waals surface area contributed by atoms with Crippen LogP contribution in [0, 0.1) is 5.92 Å². The number of H-pyrrole nitrogens is 1. The van der Waals surface area contributed by atoms with E-state index in [2.05, 4.69) is 9.72 Å². The van der Waals surface area contributed by atoms with Gasteiger partial charge in [-0.3, -0.25) is 0 Å². The first-order valence-electron chi connectivity index (χ1n) is 10.9. The highest BCUT2D eigenvalue weighted by atomic mass is 35.5. The summed E-state index contributed by atoms with van der Waals surface area (Å²) in [6.07, 6.45) is 4.41. The molecule has 4 rings (SSSR count). The number of alkyl halides is 2. The summed E-state index contributed by atoms with van der Waals surface area (Å²) in [6, 6.07) is 10.8. The van der Waals surface area contributed by atoms with Crippen LogP contribution >= 0.6 is 23.2 Å². The summed E-state index contributed by atoms with van der Waals surface area (Å²) >= 11 is 12.7. The standard InChI is InChI=1S/C25H22Cl2F2N2O4/c26-19-11-31-12-20(27)18(19)10-22(34-24(32)16-2-1-3-17(30)8-16)15-6-7-21(35-25(28)29)23(9-15)33-13-14-4-5-14/h1-3,6-9,11-12,14,22,25H,4-5,10,13,30H2/p+1/t22-/m0/s1. The number of carbonyl (C=O) groups excluding carboxylic acids is 1. The van der Waals surface area contributed by atoms with Gasteiger partial charge in [0.25, 0.3) is 0 Å². The quantitative estimate of drug-likeness (QED) is 0.263. The van der Waals surface area contributed by atoms with Crippen LogP contribution in [-0.2, 0) is 11.2 Å². The van der Waals surface area contributed by atoms with Crippen molar-refractivity contribution in [2.24, 2.45) is 5.92 Å². The Labute approximate surface area is 210 Å². The van der Waals surface area contributed by atoms with E-state index in [1.807, 2.05) is 0 Å². The van der Waals surface area contributed by atoms with Gasteiger partial charge < -0.3 is 19.9 Å². The van der Waals surface area contributed by atoms with Gasteiger partial charge in [0.15, 0.2) is 23.9 Å². The third-order valence-electron chi connectivity index (χ3n) is 5.48. The molecular weight excluding hydrogens is 501 g/mol. The molecule has 2 aromatic carbocycles. The molecule has 0 aliphatic heterocycles. The number of pyridine rings is 1. The van der Waals surface area contributed by atoms with E-state index in [1.165, 1.54) is 24.3 Å². The lowest BCUT2D eigenvalue weighted by Gasteiger charge is -2.21. The van der Waals surface area contributed by atoms with Crippen LogP contribution in [0.4, 0.5) is 14.5 Å². The van der Waals surface area contributed by atoms with Crippen molar-refractivity contribution >= 4 is 34.9 Å². The molecule has 0 bridgehead atoms. The number of nitrogens with one attached hydrogen (secondary N) is 1. The number of rotatable bonds is 10. The first-order valence-corrected chi connectivity index (χ1v) is 11.7. The maximum Gasteiger partial charge on any atom is 0.387 e. The molecule has 1 aromatic heterocycles. The largest absolute Gasteiger partial charge is 0.489 e. The lowest BCUT2D eigenvalue weighted by Crippen LogP contribution is -2.16. The second-order valence-corrected chi connectivity index (χ2v) is 9.01. The van der Waals surface area contributed by atoms with Crippen molar-refractivity contribution < 1.29 is 32.8 Å². The van der Waals surface area contributed by atoms with Crippen molar-refractivity contribution in [3.63, 3.8) is 0 Å². The highest BCUT2D eigenvalue weighted by Crippen LogP contribution is 2.38. The molecule has 1 aliphatic carbocycles. The number of hydrogen-bond acceptors (Lipinski definition) is 5. The van der Waals surface area contributed by atoms with Gasteiger partial charge in [-0.2, -0.15) is 8.78 Å².